The first-order valence-corrected chi connectivity index (χ1v) is 9.38. The van der Waals surface area contributed by atoms with Crippen molar-refractivity contribution in [2.24, 2.45) is 0 Å². The van der Waals surface area contributed by atoms with Crippen molar-refractivity contribution < 1.29 is 29.4 Å². The van der Waals surface area contributed by atoms with E-state index < -0.39 is 24.4 Å². The minimum atomic E-state index is -1.16. The van der Waals surface area contributed by atoms with Crippen molar-refractivity contribution in [1.29, 1.82) is 0 Å². The summed E-state index contributed by atoms with van der Waals surface area (Å²) >= 11 is 0. The summed E-state index contributed by atoms with van der Waals surface area (Å²) in [4.78, 5) is 2.15. The van der Waals surface area contributed by atoms with Crippen LogP contribution in [0.1, 0.15) is 27.7 Å². The van der Waals surface area contributed by atoms with E-state index in [1.54, 1.807) is 52.0 Å². The zero-order valence-corrected chi connectivity index (χ0v) is 16.7. The van der Waals surface area contributed by atoms with E-state index in [0.29, 0.717) is 31.0 Å². The number of β-amino-alcohol motifs (C(OH)–C–C–N with tert-alkyl or cyclic N) is 1. The van der Waals surface area contributed by atoms with Crippen LogP contribution in [0.25, 0.3) is 0 Å². The number of nitrogens with zero attached hydrogens (tertiary/aromatic N) is 1. The van der Waals surface area contributed by atoms with Crippen LogP contribution in [0.15, 0.2) is 24.3 Å². The van der Waals surface area contributed by atoms with Gasteiger partial charge in [0.2, 0.25) is 0 Å². The Labute approximate surface area is 162 Å². The highest BCUT2D eigenvalue weighted by Gasteiger charge is 2.39. The molecule has 0 aromatic heterocycles. The van der Waals surface area contributed by atoms with Crippen LogP contribution >= 0.6 is 0 Å². The molecule has 27 heavy (non-hydrogen) atoms. The molecular weight excluding hydrogens is 349 g/mol. The molecule has 7 nitrogen and oxygen atoms in total. The van der Waals surface area contributed by atoms with E-state index in [-0.39, 0.29) is 6.61 Å². The molecule has 1 aromatic rings. The lowest BCUT2D eigenvalue weighted by atomic mass is 9.76. The molecule has 2 rings (SSSR count). The highest BCUT2D eigenvalue weighted by molar-refractivity contribution is 6.60. The van der Waals surface area contributed by atoms with Gasteiger partial charge in [0.15, 0.2) is 0 Å². The van der Waals surface area contributed by atoms with Crippen LogP contribution in [-0.2, 0) is 9.39 Å². The monoisotopic (exact) mass is 381 g/mol. The summed E-state index contributed by atoms with van der Waals surface area (Å²) in [5.41, 5.74) is -1.47. The van der Waals surface area contributed by atoms with E-state index >= 15 is 0 Å². The number of rotatable bonds is 9. The third-order valence-corrected chi connectivity index (χ3v) is 5.06. The van der Waals surface area contributed by atoms with E-state index in [4.69, 9.17) is 14.1 Å². The van der Waals surface area contributed by atoms with Gasteiger partial charge in [0.1, 0.15) is 18.5 Å². The number of aliphatic hydroxyl groups excluding tert-OH is 1. The van der Waals surface area contributed by atoms with Crippen LogP contribution in [0.3, 0.4) is 0 Å². The molecule has 1 aliphatic heterocycles. The third-order valence-electron chi connectivity index (χ3n) is 5.06. The third kappa shape index (κ3) is 6.74. The Morgan fingerprint density at radius 3 is 2.30 bits per heavy atom. The molecule has 0 unspecified atom stereocenters. The summed E-state index contributed by atoms with van der Waals surface area (Å²) in [5.74, 6) is 0.605. The van der Waals surface area contributed by atoms with Gasteiger partial charge in [-0.15, -0.1) is 0 Å². The van der Waals surface area contributed by atoms with Crippen LogP contribution in [0.5, 0.6) is 5.75 Å². The molecule has 0 spiro atoms. The summed E-state index contributed by atoms with van der Waals surface area (Å²) in [7, 11) is -1.16. The molecule has 152 valence electrons. The fraction of sp³-hybridized carbons (Fsp3) is 0.684. The zero-order valence-electron chi connectivity index (χ0n) is 16.7. The van der Waals surface area contributed by atoms with Crippen LogP contribution in [0.4, 0.5) is 0 Å². The van der Waals surface area contributed by atoms with Crippen molar-refractivity contribution in [3.8, 4) is 5.75 Å². The molecule has 0 amide bonds. The Morgan fingerprint density at radius 2 is 1.74 bits per heavy atom. The van der Waals surface area contributed by atoms with Gasteiger partial charge in [-0.2, -0.15) is 0 Å². The van der Waals surface area contributed by atoms with Crippen molar-refractivity contribution in [3.05, 3.63) is 24.3 Å². The number of benzene rings is 1. The molecule has 0 bridgehead atoms. The summed E-state index contributed by atoms with van der Waals surface area (Å²) < 4.78 is 16.5. The van der Waals surface area contributed by atoms with Crippen molar-refractivity contribution in [2.45, 2.75) is 45.0 Å². The Kier molecular flexibility index (Phi) is 7.68. The molecule has 1 aliphatic rings. The first kappa shape index (κ1) is 22.1. The maximum atomic E-state index is 10.3. The second kappa shape index (κ2) is 9.36. The summed E-state index contributed by atoms with van der Waals surface area (Å²) in [5, 5.41) is 30.5. The molecule has 3 N–H and O–H groups in total. The van der Waals surface area contributed by atoms with Crippen molar-refractivity contribution >= 4 is 12.6 Å². The van der Waals surface area contributed by atoms with Crippen molar-refractivity contribution in [3.63, 3.8) is 0 Å². The lowest BCUT2D eigenvalue weighted by Gasteiger charge is -2.38. The van der Waals surface area contributed by atoms with E-state index in [1.807, 2.05) is 0 Å². The molecular formula is C19H32BNO6. The molecule has 8 heteroatoms. The zero-order chi connectivity index (χ0) is 20.1. The summed E-state index contributed by atoms with van der Waals surface area (Å²) in [6, 6.07) is 6.85. The molecule has 0 saturated carbocycles. The average molecular weight is 381 g/mol. The number of hydrogen-bond acceptors (Lipinski definition) is 7. The Hall–Kier alpha value is -1.16. The van der Waals surface area contributed by atoms with E-state index in [2.05, 4.69) is 4.90 Å². The Bertz CT molecular complexity index is 569. The first-order chi connectivity index (χ1) is 12.6. The maximum Gasteiger partial charge on any atom is 0.491 e. The van der Waals surface area contributed by atoms with Gasteiger partial charge < -0.3 is 29.4 Å². The second-order valence-corrected chi connectivity index (χ2v) is 7.99. The van der Waals surface area contributed by atoms with Crippen molar-refractivity contribution in [2.75, 3.05) is 39.5 Å². The normalized spacial score (nSPS) is 17.6. The second-order valence-electron chi connectivity index (χ2n) is 7.99. The largest absolute Gasteiger partial charge is 0.491 e. The minimum absolute atomic E-state index is 0.196. The lowest BCUT2D eigenvalue weighted by Crippen LogP contribution is -2.53. The topological polar surface area (TPSA) is 91.6 Å². The fourth-order valence-electron chi connectivity index (χ4n) is 2.55. The predicted octanol–water partition coefficient (Wildman–Crippen LogP) is 0.0121. The van der Waals surface area contributed by atoms with Crippen LogP contribution in [-0.4, -0.2) is 84.0 Å². The summed E-state index contributed by atoms with van der Waals surface area (Å²) in [6.07, 6.45) is -0.579. The molecule has 1 saturated heterocycles. The first-order valence-electron chi connectivity index (χ1n) is 9.38. The van der Waals surface area contributed by atoms with Gasteiger partial charge in [-0.05, 0) is 45.3 Å². The maximum absolute atomic E-state index is 10.3. The SMILES string of the molecule is CC(C)(O)C(C)(C)OB(O)c1ccc(OC[C@@H](O)CN2CCOCC2)cc1. The summed E-state index contributed by atoms with van der Waals surface area (Å²) in [6.45, 7) is 10.5. The van der Waals surface area contributed by atoms with Crippen LogP contribution in [0, 0.1) is 0 Å². The number of morpholine rings is 1. The predicted molar refractivity (Wildman–Crippen MR) is 104 cm³/mol. The minimum Gasteiger partial charge on any atom is -0.491 e. The highest BCUT2D eigenvalue weighted by Crippen LogP contribution is 2.25. The van der Waals surface area contributed by atoms with E-state index in [9.17, 15) is 15.2 Å². The van der Waals surface area contributed by atoms with Gasteiger partial charge >= 0.3 is 7.12 Å². The fourth-order valence-corrected chi connectivity index (χ4v) is 2.55. The molecule has 0 radical (unpaired) electrons. The van der Waals surface area contributed by atoms with Crippen molar-refractivity contribution in [1.82, 2.24) is 4.90 Å². The number of aliphatic hydroxyl groups is 2. The van der Waals surface area contributed by atoms with Gasteiger partial charge in [-0.3, -0.25) is 4.90 Å². The van der Waals surface area contributed by atoms with E-state index in [0.717, 1.165) is 13.1 Å². The smallest absolute Gasteiger partial charge is 0.491 e. The van der Waals surface area contributed by atoms with Crippen LogP contribution in [0.2, 0.25) is 0 Å². The Balaban J connectivity index is 1.82. The lowest BCUT2D eigenvalue weighted by molar-refractivity contribution is -0.0982. The molecule has 1 atom stereocenters. The van der Waals surface area contributed by atoms with Gasteiger partial charge in [-0.1, -0.05) is 12.1 Å². The molecule has 1 aromatic carbocycles. The molecule has 1 heterocycles. The highest BCUT2D eigenvalue weighted by atomic mass is 16.5. The molecule has 1 fully saturated rings. The Morgan fingerprint density at radius 1 is 1.15 bits per heavy atom. The quantitative estimate of drug-likeness (QED) is 0.519. The van der Waals surface area contributed by atoms with E-state index in [1.165, 1.54) is 0 Å². The van der Waals surface area contributed by atoms with Gasteiger partial charge in [0.25, 0.3) is 0 Å². The van der Waals surface area contributed by atoms with Gasteiger partial charge in [0, 0.05) is 19.6 Å². The van der Waals surface area contributed by atoms with Gasteiger partial charge in [0.05, 0.1) is 24.4 Å². The standard InChI is InChI=1S/C19H32BNO6/c1-18(2,23)19(3,4)27-20(24)15-5-7-17(8-6-15)26-14-16(22)13-21-9-11-25-12-10-21/h5-8,16,22-24H,9-14H2,1-4H3/t16-/m0/s1. The molecule has 0 aliphatic carbocycles. The average Bonchev–Trinajstić information content (AvgIpc) is 2.60. The number of hydrogen-bond donors (Lipinski definition) is 3. The van der Waals surface area contributed by atoms with Crippen LogP contribution < -0.4 is 10.2 Å². The van der Waals surface area contributed by atoms with Gasteiger partial charge in [-0.25, -0.2) is 0 Å². The number of ether oxygens (including phenoxy) is 2.